The van der Waals surface area contributed by atoms with Crippen LogP contribution in [-0.4, -0.2) is 22.3 Å². The highest BCUT2D eigenvalue weighted by molar-refractivity contribution is 7.11. The third-order valence-corrected chi connectivity index (χ3v) is 3.60. The van der Waals surface area contributed by atoms with Crippen molar-refractivity contribution in [1.29, 1.82) is 0 Å². The summed E-state index contributed by atoms with van der Waals surface area (Å²) < 4.78 is 0. The van der Waals surface area contributed by atoms with E-state index in [4.69, 9.17) is 5.73 Å². The number of amides is 1. The van der Waals surface area contributed by atoms with E-state index in [2.05, 4.69) is 11.9 Å². The van der Waals surface area contributed by atoms with Gasteiger partial charge >= 0.3 is 0 Å². The minimum atomic E-state index is 0.0209. The lowest BCUT2D eigenvalue weighted by Gasteiger charge is -2.22. The first-order valence-electron chi connectivity index (χ1n) is 6.23. The van der Waals surface area contributed by atoms with Crippen LogP contribution in [0.25, 0.3) is 0 Å². The molecule has 100 valence electrons. The van der Waals surface area contributed by atoms with Crippen LogP contribution in [0.15, 0.2) is 36.0 Å². The van der Waals surface area contributed by atoms with Gasteiger partial charge < -0.3 is 10.6 Å². The Balaban J connectivity index is 2.17. The molecule has 2 rings (SSSR count). The standard InChI is InChI=1S/C14H17N3OS/c1-2-7-17(14(18)13-8-16-10-19-13)9-11-5-3-4-6-12(11)15/h3-6,8,10H,2,7,9,15H2,1H3. The highest BCUT2D eigenvalue weighted by atomic mass is 32.1. The monoisotopic (exact) mass is 275 g/mol. The number of nitrogens with zero attached hydrogens (tertiary/aromatic N) is 2. The fourth-order valence-corrected chi connectivity index (χ4v) is 2.47. The molecule has 1 aromatic carbocycles. The maximum Gasteiger partial charge on any atom is 0.265 e. The molecule has 2 N–H and O–H groups in total. The number of anilines is 1. The summed E-state index contributed by atoms with van der Waals surface area (Å²) in [4.78, 5) is 18.8. The molecule has 0 spiro atoms. The first-order chi connectivity index (χ1) is 9.22. The largest absolute Gasteiger partial charge is 0.398 e. The van der Waals surface area contributed by atoms with E-state index in [1.165, 1.54) is 11.3 Å². The van der Waals surface area contributed by atoms with Gasteiger partial charge in [0.2, 0.25) is 0 Å². The SMILES string of the molecule is CCCN(Cc1ccccc1N)C(=O)c1cncs1. The van der Waals surface area contributed by atoms with Crippen LogP contribution in [0, 0.1) is 0 Å². The number of carbonyl (C=O) groups is 1. The van der Waals surface area contributed by atoms with Gasteiger partial charge in [0.1, 0.15) is 4.88 Å². The number of para-hydroxylation sites is 1. The van der Waals surface area contributed by atoms with Crippen molar-refractivity contribution < 1.29 is 4.79 Å². The Bertz CT molecular complexity index is 539. The Morgan fingerprint density at radius 1 is 1.42 bits per heavy atom. The number of rotatable bonds is 5. The molecule has 0 fully saturated rings. The predicted octanol–water partition coefficient (Wildman–Crippen LogP) is 2.78. The zero-order valence-electron chi connectivity index (χ0n) is 10.9. The van der Waals surface area contributed by atoms with Crippen LogP contribution in [0.4, 0.5) is 5.69 Å². The summed E-state index contributed by atoms with van der Waals surface area (Å²) in [6.45, 7) is 3.31. The molecule has 5 heteroatoms. The molecule has 1 aromatic heterocycles. The average molecular weight is 275 g/mol. The lowest BCUT2D eigenvalue weighted by atomic mass is 10.1. The summed E-state index contributed by atoms with van der Waals surface area (Å²) in [5.74, 6) is 0.0209. The van der Waals surface area contributed by atoms with Gasteiger partial charge in [-0.05, 0) is 18.1 Å². The van der Waals surface area contributed by atoms with E-state index < -0.39 is 0 Å². The van der Waals surface area contributed by atoms with Gasteiger partial charge in [0, 0.05) is 18.8 Å². The van der Waals surface area contributed by atoms with Gasteiger partial charge in [0.05, 0.1) is 11.7 Å². The quantitative estimate of drug-likeness (QED) is 0.854. The van der Waals surface area contributed by atoms with Gasteiger partial charge in [-0.2, -0.15) is 0 Å². The van der Waals surface area contributed by atoms with E-state index in [9.17, 15) is 4.79 Å². The first kappa shape index (κ1) is 13.5. The van der Waals surface area contributed by atoms with Crippen LogP contribution in [-0.2, 0) is 6.54 Å². The Labute approximate surface area is 116 Å². The van der Waals surface area contributed by atoms with Crippen molar-refractivity contribution >= 4 is 22.9 Å². The molecule has 4 nitrogen and oxygen atoms in total. The number of carbonyl (C=O) groups excluding carboxylic acids is 1. The topological polar surface area (TPSA) is 59.2 Å². The molecule has 0 radical (unpaired) electrons. The number of benzene rings is 1. The van der Waals surface area contributed by atoms with Gasteiger partial charge in [-0.1, -0.05) is 25.1 Å². The molecule has 19 heavy (non-hydrogen) atoms. The van der Waals surface area contributed by atoms with E-state index in [-0.39, 0.29) is 5.91 Å². The molecule has 1 heterocycles. The number of nitrogen functional groups attached to an aromatic ring is 1. The normalized spacial score (nSPS) is 10.4. The second-order valence-corrected chi connectivity index (χ2v) is 5.18. The maximum absolute atomic E-state index is 12.4. The second kappa shape index (κ2) is 6.33. The van der Waals surface area contributed by atoms with Gasteiger partial charge in [-0.15, -0.1) is 11.3 Å². The van der Waals surface area contributed by atoms with E-state index in [0.717, 1.165) is 17.7 Å². The molecule has 0 aliphatic rings. The van der Waals surface area contributed by atoms with Crippen LogP contribution >= 0.6 is 11.3 Å². The van der Waals surface area contributed by atoms with Crippen LogP contribution in [0.2, 0.25) is 0 Å². The van der Waals surface area contributed by atoms with Crippen molar-refractivity contribution in [1.82, 2.24) is 9.88 Å². The molecule has 0 aliphatic carbocycles. The second-order valence-electron chi connectivity index (χ2n) is 4.29. The fourth-order valence-electron chi connectivity index (χ4n) is 1.88. The summed E-state index contributed by atoms with van der Waals surface area (Å²) in [6, 6.07) is 7.65. The molecule has 0 saturated heterocycles. The van der Waals surface area contributed by atoms with Crippen molar-refractivity contribution in [2.75, 3.05) is 12.3 Å². The predicted molar refractivity (Wildman–Crippen MR) is 78.0 cm³/mol. The highest BCUT2D eigenvalue weighted by Crippen LogP contribution is 2.17. The van der Waals surface area contributed by atoms with Crippen LogP contribution in [0.1, 0.15) is 28.6 Å². The smallest absolute Gasteiger partial charge is 0.265 e. The molecule has 0 aliphatic heterocycles. The van der Waals surface area contributed by atoms with Gasteiger partial charge in [-0.3, -0.25) is 9.78 Å². The zero-order valence-corrected chi connectivity index (χ0v) is 11.7. The van der Waals surface area contributed by atoms with Crippen molar-refractivity contribution in [3.63, 3.8) is 0 Å². The number of thiazole rings is 1. The summed E-state index contributed by atoms with van der Waals surface area (Å²) in [5, 5.41) is 0. The Morgan fingerprint density at radius 2 is 2.21 bits per heavy atom. The lowest BCUT2D eigenvalue weighted by Crippen LogP contribution is -2.31. The van der Waals surface area contributed by atoms with Crippen molar-refractivity contribution in [3.05, 3.63) is 46.4 Å². The highest BCUT2D eigenvalue weighted by Gasteiger charge is 2.17. The first-order valence-corrected chi connectivity index (χ1v) is 7.11. The van der Waals surface area contributed by atoms with Crippen molar-refractivity contribution in [2.24, 2.45) is 0 Å². The van der Waals surface area contributed by atoms with Crippen LogP contribution in [0.3, 0.4) is 0 Å². The molecule has 0 bridgehead atoms. The number of aromatic nitrogens is 1. The Morgan fingerprint density at radius 3 is 2.84 bits per heavy atom. The minimum Gasteiger partial charge on any atom is -0.398 e. The third-order valence-electron chi connectivity index (χ3n) is 2.84. The summed E-state index contributed by atoms with van der Waals surface area (Å²) in [5.41, 5.74) is 9.31. The Hall–Kier alpha value is -1.88. The summed E-state index contributed by atoms with van der Waals surface area (Å²) in [6.07, 6.45) is 2.53. The van der Waals surface area contributed by atoms with E-state index in [0.29, 0.717) is 18.0 Å². The summed E-state index contributed by atoms with van der Waals surface area (Å²) in [7, 11) is 0. The van der Waals surface area contributed by atoms with E-state index in [1.807, 2.05) is 29.2 Å². The maximum atomic E-state index is 12.4. The summed E-state index contributed by atoms with van der Waals surface area (Å²) >= 11 is 1.37. The van der Waals surface area contributed by atoms with E-state index in [1.54, 1.807) is 11.7 Å². The fraction of sp³-hybridized carbons (Fsp3) is 0.286. The molecular weight excluding hydrogens is 258 g/mol. The molecule has 2 aromatic rings. The molecule has 0 unspecified atom stereocenters. The number of hydrogen-bond acceptors (Lipinski definition) is 4. The zero-order chi connectivity index (χ0) is 13.7. The van der Waals surface area contributed by atoms with E-state index >= 15 is 0 Å². The molecule has 1 amide bonds. The third kappa shape index (κ3) is 3.32. The van der Waals surface area contributed by atoms with Crippen molar-refractivity contribution in [2.45, 2.75) is 19.9 Å². The van der Waals surface area contributed by atoms with Crippen LogP contribution in [0.5, 0.6) is 0 Å². The van der Waals surface area contributed by atoms with Gasteiger partial charge in [0.15, 0.2) is 0 Å². The van der Waals surface area contributed by atoms with Crippen molar-refractivity contribution in [3.8, 4) is 0 Å². The lowest BCUT2D eigenvalue weighted by molar-refractivity contribution is 0.0748. The Kier molecular flexibility index (Phi) is 4.52. The van der Waals surface area contributed by atoms with Gasteiger partial charge in [0.25, 0.3) is 5.91 Å². The molecular formula is C14H17N3OS. The molecule has 0 saturated carbocycles. The molecule has 0 atom stereocenters. The number of nitrogens with two attached hydrogens (primary N) is 1. The average Bonchev–Trinajstić information content (AvgIpc) is 2.94. The van der Waals surface area contributed by atoms with Crippen LogP contribution < -0.4 is 5.73 Å². The minimum absolute atomic E-state index is 0.0209. The number of hydrogen-bond donors (Lipinski definition) is 1. The van der Waals surface area contributed by atoms with Gasteiger partial charge in [-0.25, -0.2) is 0 Å².